The minimum atomic E-state index is -0.964. The molecule has 0 aliphatic carbocycles. The van der Waals surface area contributed by atoms with Crippen LogP contribution >= 0.6 is 11.6 Å². The van der Waals surface area contributed by atoms with Gasteiger partial charge in [-0.2, -0.15) is 0 Å². The summed E-state index contributed by atoms with van der Waals surface area (Å²) in [6, 6.07) is 4.57. The maximum atomic E-state index is 13.2. The summed E-state index contributed by atoms with van der Waals surface area (Å²) in [5.74, 6) is -1.29. The molecule has 0 aromatic heterocycles. The third-order valence-corrected chi connectivity index (χ3v) is 5.14. The number of nitrogens with zero attached hydrogens (tertiary/aromatic N) is 2. The number of anilines is 1. The van der Waals surface area contributed by atoms with Gasteiger partial charge >= 0.3 is 12.0 Å². The minimum Gasteiger partial charge on any atom is -0.481 e. The summed E-state index contributed by atoms with van der Waals surface area (Å²) in [6.07, 6.45) is 1.16. The number of amides is 3. The molecule has 8 nitrogen and oxygen atoms in total. The van der Waals surface area contributed by atoms with Gasteiger partial charge in [0.2, 0.25) is 0 Å². The van der Waals surface area contributed by atoms with E-state index in [2.05, 4.69) is 5.32 Å². The van der Waals surface area contributed by atoms with Crippen molar-refractivity contribution >= 4 is 35.2 Å². The van der Waals surface area contributed by atoms with E-state index in [1.807, 2.05) is 0 Å². The lowest BCUT2D eigenvalue weighted by molar-refractivity contribution is -0.137. The number of halogens is 1. The molecule has 2 aliphatic heterocycles. The number of rotatable bonds is 6. The molecule has 2 aliphatic rings. The molecule has 2 fully saturated rings. The Balaban J connectivity index is 1.87. The topological polar surface area (TPSA) is 99.2 Å². The highest BCUT2D eigenvalue weighted by molar-refractivity contribution is 6.34. The Labute approximate surface area is 162 Å². The molecule has 27 heavy (non-hydrogen) atoms. The molecule has 0 radical (unpaired) electrons. The number of hydrogen-bond donors (Lipinski definition) is 2. The van der Waals surface area contributed by atoms with Crippen LogP contribution in [0.4, 0.5) is 10.5 Å². The van der Waals surface area contributed by atoms with Gasteiger partial charge < -0.3 is 20.1 Å². The van der Waals surface area contributed by atoms with E-state index >= 15 is 0 Å². The highest BCUT2D eigenvalue weighted by atomic mass is 35.5. The maximum absolute atomic E-state index is 13.2. The number of carboxylic acid groups (broad SMARTS) is 1. The van der Waals surface area contributed by atoms with Crippen molar-refractivity contribution in [1.82, 2.24) is 10.2 Å². The van der Waals surface area contributed by atoms with Crippen LogP contribution in [0.5, 0.6) is 0 Å². The number of carboxylic acids is 1. The average Bonchev–Trinajstić information content (AvgIpc) is 3.09. The third-order valence-electron chi connectivity index (χ3n) is 4.81. The van der Waals surface area contributed by atoms with Crippen molar-refractivity contribution in [2.45, 2.75) is 25.3 Å². The lowest BCUT2D eigenvalue weighted by Gasteiger charge is -2.34. The second-order valence-electron chi connectivity index (χ2n) is 6.53. The predicted octanol–water partition coefficient (Wildman–Crippen LogP) is 1.97. The van der Waals surface area contributed by atoms with Gasteiger partial charge in [0.05, 0.1) is 17.0 Å². The molecule has 2 N–H and O–H groups in total. The van der Waals surface area contributed by atoms with Gasteiger partial charge in [0.15, 0.2) is 0 Å². The van der Waals surface area contributed by atoms with Gasteiger partial charge in [-0.25, -0.2) is 4.79 Å². The lowest BCUT2D eigenvalue weighted by Crippen LogP contribution is -2.44. The first-order valence-electron chi connectivity index (χ1n) is 8.93. The first-order valence-corrected chi connectivity index (χ1v) is 9.30. The quantitative estimate of drug-likeness (QED) is 0.767. The standard InChI is InChI=1S/C18H22ClN3O5/c19-15-2-1-13(22-8-6-20-18(22)26)11-14(15)17(25)21(7-3-16(23)24)12-4-9-27-10-5-12/h1-2,11-12H,3-10H2,(H,20,26)(H,23,24). The molecule has 1 aromatic rings. The molecule has 0 bridgehead atoms. The Kier molecular flexibility index (Phi) is 6.18. The Bertz CT molecular complexity index is 736. The largest absolute Gasteiger partial charge is 0.481 e. The fraction of sp³-hybridized carbons (Fsp3) is 0.500. The number of hydrogen-bond acceptors (Lipinski definition) is 4. The summed E-state index contributed by atoms with van der Waals surface area (Å²) in [4.78, 5) is 39.3. The summed E-state index contributed by atoms with van der Waals surface area (Å²) in [7, 11) is 0. The van der Waals surface area contributed by atoms with Crippen molar-refractivity contribution in [2.75, 3.05) is 37.7 Å². The molecule has 2 heterocycles. The molecular weight excluding hydrogens is 374 g/mol. The van der Waals surface area contributed by atoms with Crippen molar-refractivity contribution in [3.63, 3.8) is 0 Å². The monoisotopic (exact) mass is 395 g/mol. The summed E-state index contributed by atoms with van der Waals surface area (Å²) in [5, 5.41) is 12.0. The SMILES string of the molecule is O=C(O)CCN(C(=O)c1cc(N2CCNC2=O)ccc1Cl)C1CCOCC1. The van der Waals surface area contributed by atoms with E-state index in [9.17, 15) is 14.4 Å². The summed E-state index contributed by atoms with van der Waals surface area (Å²) in [5.41, 5.74) is 0.855. The van der Waals surface area contributed by atoms with Crippen LogP contribution in [0.1, 0.15) is 29.6 Å². The molecule has 0 unspecified atom stereocenters. The van der Waals surface area contributed by atoms with Crippen LogP contribution in [-0.2, 0) is 9.53 Å². The fourth-order valence-corrected chi connectivity index (χ4v) is 3.58. The smallest absolute Gasteiger partial charge is 0.321 e. The first kappa shape index (κ1) is 19.4. The molecule has 0 spiro atoms. The highest BCUT2D eigenvalue weighted by Gasteiger charge is 2.29. The van der Waals surface area contributed by atoms with Gasteiger partial charge in [-0.15, -0.1) is 0 Å². The number of urea groups is 1. The van der Waals surface area contributed by atoms with Crippen LogP contribution < -0.4 is 10.2 Å². The second kappa shape index (κ2) is 8.58. The average molecular weight is 396 g/mol. The minimum absolute atomic E-state index is 0.0968. The van der Waals surface area contributed by atoms with Crippen molar-refractivity contribution in [3.05, 3.63) is 28.8 Å². The van der Waals surface area contributed by atoms with Crippen LogP contribution in [0.3, 0.4) is 0 Å². The van der Waals surface area contributed by atoms with Gasteiger partial charge in [0.1, 0.15) is 0 Å². The van der Waals surface area contributed by atoms with Crippen LogP contribution in [0, 0.1) is 0 Å². The third kappa shape index (κ3) is 4.51. The van der Waals surface area contributed by atoms with Gasteiger partial charge in [-0.3, -0.25) is 14.5 Å². The van der Waals surface area contributed by atoms with E-state index in [4.69, 9.17) is 21.4 Å². The molecule has 2 saturated heterocycles. The van der Waals surface area contributed by atoms with Crippen LogP contribution in [0.25, 0.3) is 0 Å². The zero-order valence-corrected chi connectivity index (χ0v) is 15.6. The van der Waals surface area contributed by atoms with Gasteiger partial charge in [-0.05, 0) is 31.0 Å². The molecule has 0 saturated carbocycles. The molecule has 146 valence electrons. The van der Waals surface area contributed by atoms with Gasteiger partial charge in [0.25, 0.3) is 5.91 Å². The van der Waals surface area contributed by atoms with Crippen molar-refractivity contribution in [1.29, 1.82) is 0 Å². The molecule has 9 heteroatoms. The lowest BCUT2D eigenvalue weighted by atomic mass is 10.0. The number of nitrogens with one attached hydrogen (secondary N) is 1. The number of benzene rings is 1. The van der Waals surface area contributed by atoms with E-state index in [-0.39, 0.29) is 41.5 Å². The number of carbonyl (C=O) groups excluding carboxylic acids is 2. The zero-order chi connectivity index (χ0) is 19.4. The Morgan fingerprint density at radius 1 is 1.33 bits per heavy atom. The molecule has 0 atom stereocenters. The Hall–Kier alpha value is -2.32. The first-order chi connectivity index (χ1) is 13.0. The van der Waals surface area contributed by atoms with E-state index < -0.39 is 5.97 Å². The summed E-state index contributed by atoms with van der Waals surface area (Å²) >= 11 is 6.27. The normalized spacial score (nSPS) is 17.7. The van der Waals surface area contributed by atoms with Crippen molar-refractivity contribution in [3.8, 4) is 0 Å². The maximum Gasteiger partial charge on any atom is 0.321 e. The van der Waals surface area contributed by atoms with Crippen LogP contribution in [0.2, 0.25) is 5.02 Å². The van der Waals surface area contributed by atoms with Gasteiger partial charge in [-0.1, -0.05) is 11.6 Å². The van der Waals surface area contributed by atoms with E-state index in [0.717, 1.165) is 0 Å². The zero-order valence-electron chi connectivity index (χ0n) is 14.8. The van der Waals surface area contributed by atoms with Crippen LogP contribution in [-0.4, -0.2) is 66.8 Å². The number of aliphatic carboxylic acids is 1. The van der Waals surface area contributed by atoms with Crippen LogP contribution in [0.15, 0.2) is 18.2 Å². The number of ether oxygens (including phenoxy) is 1. The molecule has 3 amide bonds. The fourth-order valence-electron chi connectivity index (χ4n) is 3.38. The van der Waals surface area contributed by atoms with E-state index in [1.54, 1.807) is 28.0 Å². The molecule has 3 rings (SSSR count). The molecular formula is C18H22ClN3O5. The van der Waals surface area contributed by atoms with E-state index in [1.165, 1.54) is 0 Å². The summed E-state index contributed by atoms with van der Waals surface area (Å²) < 4.78 is 5.35. The van der Waals surface area contributed by atoms with Crippen molar-refractivity contribution in [2.24, 2.45) is 0 Å². The highest BCUT2D eigenvalue weighted by Crippen LogP contribution is 2.27. The second-order valence-corrected chi connectivity index (χ2v) is 6.94. The molecule has 1 aromatic carbocycles. The predicted molar refractivity (Wildman–Crippen MR) is 99.3 cm³/mol. The Morgan fingerprint density at radius 2 is 2.07 bits per heavy atom. The summed E-state index contributed by atoms with van der Waals surface area (Å²) in [6.45, 7) is 2.21. The number of carbonyl (C=O) groups is 3. The van der Waals surface area contributed by atoms with Crippen molar-refractivity contribution < 1.29 is 24.2 Å². The van der Waals surface area contributed by atoms with Gasteiger partial charge in [0, 0.05) is 44.6 Å². The Morgan fingerprint density at radius 3 is 2.70 bits per heavy atom. The van der Waals surface area contributed by atoms with E-state index in [0.29, 0.717) is 44.8 Å².